The average Bonchev–Trinajstić information content (AvgIpc) is 2.27. The molecule has 0 radical (unpaired) electrons. The van der Waals surface area contributed by atoms with Crippen molar-refractivity contribution in [1.29, 1.82) is 0 Å². The zero-order valence-corrected chi connectivity index (χ0v) is 10.5. The van der Waals surface area contributed by atoms with Crippen molar-refractivity contribution in [1.82, 2.24) is 5.32 Å². The van der Waals surface area contributed by atoms with E-state index < -0.39 is 0 Å². The van der Waals surface area contributed by atoms with Crippen LogP contribution in [0.5, 0.6) is 5.75 Å². The second-order valence-corrected chi connectivity index (χ2v) is 4.91. The molecule has 0 fully saturated rings. The number of aliphatic imine (C=N–C) groups is 1. The van der Waals surface area contributed by atoms with Crippen LogP contribution in [0.15, 0.2) is 29.3 Å². The summed E-state index contributed by atoms with van der Waals surface area (Å²) in [6, 6.07) is 8.19. The van der Waals surface area contributed by atoms with Crippen LogP contribution >= 0.6 is 0 Å². The number of hydrogen-bond donors (Lipinski definition) is 2. The third-order valence-corrected chi connectivity index (χ3v) is 2.94. The summed E-state index contributed by atoms with van der Waals surface area (Å²) in [5, 5.41) is 3.23. The Balaban J connectivity index is 2.33. The molecule has 4 heteroatoms. The molecule has 92 valence electrons. The predicted molar refractivity (Wildman–Crippen MR) is 69.2 cm³/mol. The molecule has 0 spiro atoms. The van der Waals surface area contributed by atoms with Crippen LogP contribution in [0.25, 0.3) is 0 Å². The number of benzene rings is 1. The van der Waals surface area contributed by atoms with E-state index in [-0.39, 0.29) is 11.6 Å². The molecule has 0 saturated carbocycles. The van der Waals surface area contributed by atoms with Crippen LogP contribution in [0.4, 0.5) is 0 Å². The summed E-state index contributed by atoms with van der Waals surface area (Å²) in [6.45, 7) is 4.16. The maximum atomic E-state index is 5.94. The van der Waals surface area contributed by atoms with Crippen LogP contribution in [0.3, 0.4) is 0 Å². The molecule has 0 aromatic heterocycles. The van der Waals surface area contributed by atoms with E-state index in [9.17, 15) is 0 Å². The summed E-state index contributed by atoms with van der Waals surface area (Å²) in [4.78, 5) is 3.95. The minimum atomic E-state index is -0.194. The summed E-state index contributed by atoms with van der Waals surface area (Å²) in [6.07, 6.45) is 0.861. The van der Waals surface area contributed by atoms with Gasteiger partial charge in [-0.05, 0) is 19.9 Å². The number of ether oxygens (including phenoxy) is 1. The third kappa shape index (κ3) is 2.52. The first kappa shape index (κ1) is 11.8. The molecule has 0 bridgehead atoms. The number of rotatable bonds is 1. The SMILES string of the molecule is CN=C(N)NC1CC(C)(C)Oc2ccccc21. The van der Waals surface area contributed by atoms with Gasteiger partial charge in [-0.3, -0.25) is 4.99 Å². The summed E-state index contributed by atoms with van der Waals surface area (Å²) in [7, 11) is 1.68. The normalized spacial score (nSPS) is 22.5. The maximum absolute atomic E-state index is 5.94. The van der Waals surface area contributed by atoms with Crippen molar-refractivity contribution in [3.63, 3.8) is 0 Å². The highest BCUT2D eigenvalue weighted by Gasteiger charge is 2.33. The van der Waals surface area contributed by atoms with Crippen LogP contribution in [0, 0.1) is 0 Å². The molecular formula is C13H19N3O. The molecule has 1 aromatic carbocycles. The third-order valence-electron chi connectivity index (χ3n) is 2.94. The molecule has 3 N–H and O–H groups in total. The molecule has 4 nitrogen and oxygen atoms in total. The molecule has 0 amide bonds. The Morgan fingerprint density at radius 2 is 2.18 bits per heavy atom. The van der Waals surface area contributed by atoms with Crippen molar-refractivity contribution in [3.8, 4) is 5.75 Å². The van der Waals surface area contributed by atoms with Gasteiger partial charge in [0.05, 0.1) is 6.04 Å². The first-order valence-corrected chi connectivity index (χ1v) is 5.78. The topological polar surface area (TPSA) is 59.6 Å². The Labute approximate surface area is 102 Å². The smallest absolute Gasteiger partial charge is 0.188 e. The first-order chi connectivity index (χ1) is 8.02. The fourth-order valence-corrected chi connectivity index (χ4v) is 2.17. The van der Waals surface area contributed by atoms with Gasteiger partial charge in [0.25, 0.3) is 0 Å². The van der Waals surface area contributed by atoms with E-state index in [1.807, 2.05) is 18.2 Å². The number of nitrogens with zero attached hydrogens (tertiary/aromatic N) is 1. The van der Waals surface area contributed by atoms with E-state index in [4.69, 9.17) is 10.5 Å². The molecule has 1 unspecified atom stereocenters. The number of nitrogens with two attached hydrogens (primary N) is 1. The van der Waals surface area contributed by atoms with Gasteiger partial charge in [-0.15, -0.1) is 0 Å². The van der Waals surface area contributed by atoms with E-state index in [1.54, 1.807) is 7.05 Å². The van der Waals surface area contributed by atoms with Gasteiger partial charge in [0.15, 0.2) is 5.96 Å². The molecule has 2 rings (SSSR count). The van der Waals surface area contributed by atoms with Gasteiger partial charge in [0.2, 0.25) is 0 Å². The van der Waals surface area contributed by atoms with Crippen LogP contribution in [-0.4, -0.2) is 18.6 Å². The number of para-hydroxylation sites is 1. The Kier molecular flexibility index (Phi) is 2.96. The zero-order valence-electron chi connectivity index (χ0n) is 10.5. The fraction of sp³-hybridized carbons (Fsp3) is 0.462. The van der Waals surface area contributed by atoms with Crippen molar-refractivity contribution in [2.75, 3.05) is 7.05 Å². The molecule has 17 heavy (non-hydrogen) atoms. The second-order valence-electron chi connectivity index (χ2n) is 4.91. The number of hydrogen-bond acceptors (Lipinski definition) is 2. The highest BCUT2D eigenvalue weighted by molar-refractivity contribution is 5.78. The summed E-state index contributed by atoms with van der Waals surface area (Å²) in [5.41, 5.74) is 6.69. The van der Waals surface area contributed by atoms with E-state index in [1.165, 1.54) is 0 Å². The Bertz CT molecular complexity index is 440. The van der Waals surface area contributed by atoms with Crippen molar-refractivity contribution in [2.45, 2.75) is 31.9 Å². The quantitative estimate of drug-likeness (QED) is 0.574. The average molecular weight is 233 g/mol. The van der Waals surface area contributed by atoms with E-state index in [2.05, 4.69) is 30.2 Å². The Morgan fingerprint density at radius 3 is 2.88 bits per heavy atom. The Morgan fingerprint density at radius 1 is 1.47 bits per heavy atom. The molecule has 1 atom stereocenters. The summed E-state index contributed by atoms with van der Waals surface area (Å²) < 4.78 is 5.94. The minimum Gasteiger partial charge on any atom is -0.487 e. The van der Waals surface area contributed by atoms with Crippen LogP contribution in [0.1, 0.15) is 31.9 Å². The molecular weight excluding hydrogens is 214 g/mol. The lowest BCUT2D eigenvalue weighted by molar-refractivity contribution is 0.0695. The summed E-state index contributed by atoms with van der Waals surface area (Å²) in [5.74, 6) is 1.38. The van der Waals surface area contributed by atoms with E-state index in [0.29, 0.717) is 5.96 Å². The van der Waals surface area contributed by atoms with Gasteiger partial charge in [-0.25, -0.2) is 0 Å². The maximum Gasteiger partial charge on any atom is 0.188 e. The lowest BCUT2D eigenvalue weighted by atomic mass is 9.90. The van der Waals surface area contributed by atoms with E-state index >= 15 is 0 Å². The van der Waals surface area contributed by atoms with Gasteiger partial charge >= 0.3 is 0 Å². The van der Waals surface area contributed by atoms with Gasteiger partial charge < -0.3 is 15.8 Å². The van der Waals surface area contributed by atoms with Gasteiger partial charge in [0, 0.05) is 19.0 Å². The van der Waals surface area contributed by atoms with Crippen molar-refractivity contribution >= 4 is 5.96 Å². The Hall–Kier alpha value is -1.71. The molecule has 0 aliphatic carbocycles. The lowest BCUT2D eigenvalue weighted by Crippen LogP contribution is -2.43. The first-order valence-electron chi connectivity index (χ1n) is 5.78. The van der Waals surface area contributed by atoms with Crippen molar-refractivity contribution in [3.05, 3.63) is 29.8 Å². The number of fused-ring (bicyclic) bond motifs is 1. The predicted octanol–water partition coefficient (Wildman–Crippen LogP) is 1.82. The number of nitrogens with one attached hydrogen (secondary N) is 1. The molecule has 1 aliphatic heterocycles. The van der Waals surface area contributed by atoms with Gasteiger partial charge in [-0.2, -0.15) is 0 Å². The van der Waals surface area contributed by atoms with Crippen LogP contribution < -0.4 is 15.8 Å². The molecule has 1 aliphatic rings. The second kappa shape index (κ2) is 4.28. The lowest BCUT2D eigenvalue weighted by Gasteiger charge is -2.38. The van der Waals surface area contributed by atoms with Crippen molar-refractivity contribution in [2.24, 2.45) is 10.7 Å². The van der Waals surface area contributed by atoms with Gasteiger partial charge in [0.1, 0.15) is 11.4 Å². The largest absolute Gasteiger partial charge is 0.487 e. The summed E-state index contributed by atoms with van der Waals surface area (Å²) >= 11 is 0. The highest BCUT2D eigenvalue weighted by Crippen LogP contribution is 2.38. The van der Waals surface area contributed by atoms with Crippen molar-refractivity contribution < 1.29 is 4.74 Å². The monoisotopic (exact) mass is 233 g/mol. The molecule has 1 aromatic rings. The molecule has 1 heterocycles. The highest BCUT2D eigenvalue weighted by atomic mass is 16.5. The van der Waals surface area contributed by atoms with E-state index in [0.717, 1.165) is 17.7 Å². The zero-order chi connectivity index (χ0) is 12.5. The van der Waals surface area contributed by atoms with Crippen LogP contribution in [0.2, 0.25) is 0 Å². The minimum absolute atomic E-state index is 0.152. The van der Waals surface area contributed by atoms with Gasteiger partial charge in [-0.1, -0.05) is 18.2 Å². The van der Waals surface area contributed by atoms with Crippen LogP contribution in [-0.2, 0) is 0 Å². The fourth-order valence-electron chi connectivity index (χ4n) is 2.17. The standard InChI is InChI=1S/C13H19N3O/c1-13(2)8-10(16-12(14)15-3)9-6-4-5-7-11(9)17-13/h4-7,10H,8H2,1-3H3,(H3,14,15,16). The molecule has 0 saturated heterocycles. The number of guanidine groups is 1.